The minimum Gasteiger partial charge on any atom is -0.378 e. The smallest absolute Gasteiger partial charge is 0.378 e. The summed E-state index contributed by atoms with van der Waals surface area (Å²) in [6.07, 6.45) is -4.50. The summed E-state index contributed by atoms with van der Waals surface area (Å²) >= 11 is 0. The van der Waals surface area contributed by atoms with E-state index in [2.05, 4.69) is 9.98 Å². The summed E-state index contributed by atoms with van der Waals surface area (Å²) in [4.78, 5) is 9.10. The number of alkyl halides is 3. The third-order valence-electron chi connectivity index (χ3n) is 3.09. The van der Waals surface area contributed by atoms with Crippen LogP contribution in [0.15, 0.2) is 28.2 Å². The summed E-state index contributed by atoms with van der Waals surface area (Å²) in [6, 6.07) is 3.45. The molecule has 0 unspecified atom stereocenters. The van der Waals surface area contributed by atoms with Gasteiger partial charge < -0.3 is 26.8 Å². The van der Waals surface area contributed by atoms with Crippen LogP contribution in [-0.2, 0) is 10.9 Å². The first-order valence-corrected chi connectivity index (χ1v) is 6.74. The summed E-state index contributed by atoms with van der Waals surface area (Å²) in [5, 5.41) is 0. The third kappa shape index (κ3) is 4.74. The van der Waals surface area contributed by atoms with Crippen molar-refractivity contribution in [3.05, 3.63) is 23.8 Å². The minimum absolute atomic E-state index is 0.0174. The van der Waals surface area contributed by atoms with Crippen LogP contribution < -0.4 is 22.1 Å². The van der Waals surface area contributed by atoms with Crippen molar-refractivity contribution in [2.45, 2.75) is 6.18 Å². The quantitative estimate of drug-likeness (QED) is 0.547. The lowest BCUT2D eigenvalue weighted by molar-refractivity contribution is -0.137. The van der Waals surface area contributed by atoms with Crippen molar-refractivity contribution in [1.29, 1.82) is 0 Å². The molecule has 0 bridgehead atoms. The zero-order valence-corrected chi connectivity index (χ0v) is 12.2. The maximum Gasteiger partial charge on any atom is 0.416 e. The number of guanidine groups is 2. The summed E-state index contributed by atoms with van der Waals surface area (Å²) in [5.74, 6) is -0.649. The van der Waals surface area contributed by atoms with Crippen LogP contribution in [0.2, 0.25) is 0 Å². The van der Waals surface area contributed by atoms with Crippen molar-refractivity contribution in [2.75, 3.05) is 31.2 Å². The van der Waals surface area contributed by atoms with Crippen molar-refractivity contribution >= 4 is 23.3 Å². The second-order valence-electron chi connectivity index (χ2n) is 4.84. The van der Waals surface area contributed by atoms with E-state index in [-0.39, 0.29) is 17.6 Å². The summed E-state index contributed by atoms with van der Waals surface area (Å²) < 4.78 is 44.4. The van der Waals surface area contributed by atoms with Crippen molar-refractivity contribution < 1.29 is 17.9 Å². The molecule has 7 nitrogen and oxygen atoms in total. The van der Waals surface area contributed by atoms with Gasteiger partial charge in [-0.05, 0) is 18.2 Å². The SMILES string of the molecule is NC(N)=NC(N)=Nc1cc(N2CCOCC2)cc(C(F)(F)F)c1. The summed E-state index contributed by atoms with van der Waals surface area (Å²) in [5.41, 5.74) is 15.4. The number of benzene rings is 1. The Morgan fingerprint density at radius 1 is 1.09 bits per heavy atom. The zero-order valence-electron chi connectivity index (χ0n) is 12.2. The molecule has 23 heavy (non-hydrogen) atoms. The van der Waals surface area contributed by atoms with E-state index in [0.29, 0.717) is 32.0 Å². The number of halogens is 3. The Morgan fingerprint density at radius 3 is 2.30 bits per heavy atom. The van der Waals surface area contributed by atoms with Gasteiger partial charge in [0.25, 0.3) is 0 Å². The molecule has 2 rings (SSSR count). The van der Waals surface area contributed by atoms with Crippen LogP contribution in [0, 0.1) is 0 Å². The molecule has 1 saturated heterocycles. The number of nitrogens with two attached hydrogens (primary N) is 3. The zero-order chi connectivity index (χ0) is 17.0. The van der Waals surface area contributed by atoms with Gasteiger partial charge in [0.15, 0.2) is 5.96 Å². The lowest BCUT2D eigenvalue weighted by atomic mass is 10.1. The lowest BCUT2D eigenvalue weighted by Gasteiger charge is -2.29. The van der Waals surface area contributed by atoms with E-state index in [0.717, 1.165) is 12.1 Å². The molecule has 0 atom stereocenters. The van der Waals surface area contributed by atoms with E-state index >= 15 is 0 Å². The number of rotatable bonds is 2. The molecule has 0 radical (unpaired) electrons. The molecule has 1 aromatic rings. The number of anilines is 1. The highest BCUT2D eigenvalue weighted by Crippen LogP contribution is 2.35. The van der Waals surface area contributed by atoms with Crippen LogP contribution in [0.3, 0.4) is 0 Å². The molecule has 0 spiro atoms. The maximum absolute atomic E-state index is 13.1. The van der Waals surface area contributed by atoms with Gasteiger partial charge in [-0.1, -0.05) is 0 Å². The van der Waals surface area contributed by atoms with Gasteiger partial charge in [-0.25, -0.2) is 4.99 Å². The van der Waals surface area contributed by atoms with Gasteiger partial charge in [0.05, 0.1) is 24.5 Å². The van der Waals surface area contributed by atoms with Gasteiger partial charge >= 0.3 is 6.18 Å². The fourth-order valence-corrected chi connectivity index (χ4v) is 2.12. The molecule has 6 N–H and O–H groups in total. The monoisotopic (exact) mass is 330 g/mol. The molecule has 126 valence electrons. The van der Waals surface area contributed by atoms with E-state index < -0.39 is 11.7 Å². The standard InChI is InChI=1S/C13H17F3N6O/c14-13(15,16)8-5-9(20-12(19)21-11(17)18)7-10(6-8)22-1-3-23-4-2-22/h5-7H,1-4H2,(H6,17,18,19,20,21). The second-order valence-corrected chi connectivity index (χ2v) is 4.84. The van der Waals surface area contributed by atoms with E-state index in [4.69, 9.17) is 21.9 Å². The first-order chi connectivity index (χ1) is 10.8. The maximum atomic E-state index is 13.1. The van der Waals surface area contributed by atoms with E-state index in [9.17, 15) is 13.2 Å². The van der Waals surface area contributed by atoms with Crippen molar-refractivity contribution in [3.63, 3.8) is 0 Å². The molecule has 0 amide bonds. The van der Waals surface area contributed by atoms with E-state index in [1.54, 1.807) is 4.90 Å². The van der Waals surface area contributed by atoms with Gasteiger partial charge in [0.1, 0.15) is 0 Å². The number of morpholine rings is 1. The lowest BCUT2D eigenvalue weighted by Crippen LogP contribution is -2.36. The van der Waals surface area contributed by atoms with Crippen LogP contribution in [0.1, 0.15) is 5.56 Å². The van der Waals surface area contributed by atoms with Crippen molar-refractivity contribution in [2.24, 2.45) is 27.2 Å². The van der Waals surface area contributed by atoms with Crippen LogP contribution >= 0.6 is 0 Å². The molecule has 1 heterocycles. The number of hydrogen-bond acceptors (Lipinski definition) is 3. The Hall–Kier alpha value is -2.49. The van der Waals surface area contributed by atoms with E-state index in [1.807, 2.05) is 0 Å². The van der Waals surface area contributed by atoms with Crippen molar-refractivity contribution in [1.82, 2.24) is 0 Å². The number of ether oxygens (including phenoxy) is 1. The third-order valence-corrected chi connectivity index (χ3v) is 3.09. The molecule has 1 aliphatic heterocycles. The molecule has 1 aliphatic rings. The Labute approximate surface area is 130 Å². The normalized spacial score (nSPS) is 16.3. The Kier molecular flexibility index (Phi) is 4.94. The molecule has 1 aromatic carbocycles. The molecule has 0 aromatic heterocycles. The van der Waals surface area contributed by atoms with Crippen LogP contribution in [-0.4, -0.2) is 38.2 Å². The fourth-order valence-electron chi connectivity index (χ4n) is 2.12. The molecular weight excluding hydrogens is 313 g/mol. The number of aliphatic imine (C=N–C) groups is 2. The van der Waals surface area contributed by atoms with Crippen LogP contribution in [0.25, 0.3) is 0 Å². The molecule has 0 saturated carbocycles. The topological polar surface area (TPSA) is 115 Å². The average Bonchev–Trinajstić information content (AvgIpc) is 2.46. The predicted octanol–water partition coefficient (Wildman–Crippen LogP) is 0.762. The first kappa shape index (κ1) is 16.9. The minimum atomic E-state index is -4.50. The molecule has 1 fully saturated rings. The van der Waals surface area contributed by atoms with Gasteiger partial charge in [-0.15, -0.1) is 0 Å². The first-order valence-electron chi connectivity index (χ1n) is 6.74. The van der Waals surface area contributed by atoms with Crippen molar-refractivity contribution in [3.8, 4) is 0 Å². The van der Waals surface area contributed by atoms with E-state index in [1.165, 1.54) is 6.07 Å². The highest BCUT2D eigenvalue weighted by molar-refractivity contribution is 5.93. The molecule has 0 aliphatic carbocycles. The Bertz CT molecular complexity index is 619. The largest absolute Gasteiger partial charge is 0.416 e. The predicted molar refractivity (Wildman–Crippen MR) is 81.6 cm³/mol. The number of nitrogens with zero attached hydrogens (tertiary/aromatic N) is 3. The highest BCUT2D eigenvalue weighted by Gasteiger charge is 2.32. The van der Waals surface area contributed by atoms with Gasteiger partial charge in [-0.2, -0.15) is 18.2 Å². The molecular formula is C13H17F3N6O. The summed E-state index contributed by atoms with van der Waals surface area (Å²) in [7, 11) is 0. The van der Waals surface area contributed by atoms with Gasteiger partial charge in [0.2, 0.25) is 5.96 Å². The van der Waals surface area contributed by atoms with Crippen LogP contribution in [0.4, 0.5) is 24.5 Å². The van der Waals surface area contributed by atoms with Gasteiger partial charge in [0, 0.05) is 18.8 Å². The average molecular weight is 330 g/mol. The second kappa shape index (κ2) is 6.73. The Morgan fingerprint density at radius 2 is 1.74 bits per heavy atom. The number of hydrogen-bond donors (Lipinski definition) is 3. The van der Waals surface area contributed by atoms with Gasteiger partial charge in [-0.3, -0.25) is 0 Å². The molecule has 10 heteroatoms. The fraction of sp³-hybridized carbons (Fsp3) is 0.385. The Balaban J connectivity index is 2.43. The summed E-state index contributed by atoms with van der Waals surface area (Å²) in [6.45, 7) is 1.89. The van der Waals surface area contributed by atoms with Crippen LogP contribution in [0.5, 0.6) is 0 Å². The highest BCUT2D eigenvalue weighted by atomic mass is 19.4.